The minimum Gasteiger partial charge on any atom is -0.461 e. The minimum absolute atomic E-state index is 0.0870. The van der Waals surface area contributed by atoms with E-state index in [-0.39, 0.29) is 24.6 Å². The normalized spacial score (nSPS) is 14.7. The minimum atomic E-state index is -0.794. The molecule has 1 aromatic carbocycles. The van der Waals surface area contributed by atoms with Crippen LogP contribution in [-0.4, -0.2) is 31.7 Å². The number of esters is 1. The zero-order valence-electron chi connectivity index (χ0n) is 21.2. The highest BCUT2D eigenvalue weighted by molar-refractivity contribution is 5.89. The van der Waals surface area contributed by atoms with Gasteiger partial charge in [0, 0.05) is 17.6 Å². The van der Waals surface area contributed by atoms with Crippen LogP contribution in [0.15, 0.2) is 53.5 Å². The van der Waals surface area contributed by atoms with Gasteiger partial charge in [-0.1, -0.05) is 43.2 Å². The monoisotopic (exact) mass is 503 g/mol. The molecule has 0 aliphatic heterocycles. The fourth-order valence-corrected chi connectivity index (χ4v) is 5.13. The van der Waals surface area contributed by atoms with Crippen LogP contribution in [0.4, 0.5) is 16.0 Å². The first-order chi connectivity index (χ1) is 17.9. The summed E-state index contributed by atoms with van der Waals surface area (Å²) in [5, 5.41) is 3.70. The van der Waals surface area contributed by atoms with Crippen LogP contribution in [0.25, 0.3) is 11.0 Å². The van der Waals surface area contributed by atoms with E-state index in [2.05, 4.69) is 15.3 Å². The molecule has 1 atom stereocenters. The number of hydrogen-bond donors (Lipinski definition) is 1. The van der Waals surface area contributed by atoms with Crippen molar-refractivity contribution in [3.05, 3.63) is 81.8 Å². The fourth-order valence-electron chi connectivity index (χ4n) is 5.13. The molecule has 1 N–H and O–H groups in total. The molecule has 1 unspecified atom stereocenters. The Kier molecular flexibility index (Phi) is 6.78. The van der Waals surface area contributed by atoms with Gasteiger partial charge < -0.3 is 14.6 Å². The number of rotatable bonds is 7. The fraction of sp³-hybridized carbons (Fsp3) is 0.357. The van der Waals surface area contributed by atoms with E-state index in [9.17, 15) is 14.0 Å². The number of nitrogens with one attached hydrogen (secondary N) is 1. The second kappa shape index (κ2) is 10.2. The molecule has 4 aromatic rings. The average Bonchev–Trinajstić information content (AvgIpc) is 3.56. The number of halogens is 1. The topological polar surface area (TPSA) is 91.0 Å². The van der Waals surface area contributed by atoms with Crippen molar-refractivity contribution < 1.29 is 13.9 Å². The Labute approximate surface area is 214 Å². The largest absolute Gasteiger partial charge is 0.461 e. The van der Waals surface area contributed by atoms with Crippen LogP contribution in [-0.2, 0) is 4.74 Å². The zero-order valence-corrected chi connectivity index (χ0v) is 21.2. The Morgan fingerprint density at radius 1 is 1.19 bits per heavy atom. The number of anilines is 2. The van der Waals surface area contributed by atoms with E-state index in [1.807, 2.05) is 48.0 Å². The van der Waals surface area contributed by atoms with Gasteiger partial charge in [0.05, 0.1) is 24.0 Å². The first kappa shape index (κ1) is 24.7. The lowest BCUT2D eigenvalue weighted by atomic mass is 10.1. The number of pyridine rings is 1. The maximum Gasteiger partial charge on any atom is 0.355 e. The summed E-state index contributed by atoms with van der Waals surface area (Å²) in [6.45, 7) is 5.80. The quantitative estimate of drug-likeness (QED) is 0.326. The maximum atomic E-state index is 14.5. The van der Waals surface area contributed by atoms with Gasteiger partial charge >= 0.3 is 5.97 Å². The van der Waals surface area contributed by atoms with Gasteiger partial charge in [0.15, 0.2) is 5.82 Å². The Hall–Kier alpha value is -4.01. The lowest BCUT2D eigenvalue weighted by molar-refractivity contribution is 0.0512. The third kappa shape index (κ3) is 4.73. The summed E-state index contributed by atoms with van der Waals surface area (Å²) in [4.78, 5) is 34.8. The number of aromatic nitrogens is 4. The van der Waals surface area contributed by atoms with Gasteiger partial charge in [0.2, 0.25) is 5.95 Å². The molecule has 3 heterocycles. The molecule has 3 aromatic heterocycles. The highest BCUT2D eigenvalue weighted by Crippen LogP contribution is 2.32. The van der Waals surface area contributed by atoms with E-state index in [1.54, 1.807) is 19.9 Å². The van der Waals surface area contributed by atoms with Crippen LogP contribution in [0.2, 0.25) is 0 Å². The summed E-state index contributed by atoms with van der Waals surface area (Å²) in [5.74, 6) is -0.958. The van der Waals surface area contributed by atoms with Crippen molar-refractivity contribution in [2.75, 3.05) is 11.9 Å². The number of benzene rings is 1. The number of ether oxygens (including phenoxy) is 1. The highest BCUT2D eigenvalue weighted by Gasteiger charge is 2.24. The Morgan fingerprint density at radius 3 is 2.62 bits per heavy atom. The first-order valence-corrected chi connectivity index (χ1v) is 12.7. The van der Waals surface area contributed by atoms with Crippen molar-refractivity contribution in [3.63, 3.8) is 0 Å². The predicted octanol–water partition coefficient (Wildman–Crippen LogP) is 5.69. The number of fused-ring (bicyclic) bond motifs is 1. The molecule has 1 saturated carbocycles. The molecule has 0 amide bonds. The summed E-state index contributed by atoms with van der Waals surface area (Å²) >= 11 is 0. The molecular weight excluding hydrogens is 473 g/mol. The molecule has 1 aliphatic carbocycles. The van der Waals surface area contributed by atoms with E-state index < -0.39 is 17.3 Å². The molecule has 9 heteroatoms. The summed E-state index contributed by atoms with van der Waals surface area (Å²) < 4.78 is 23.2. The summed E-state index contributed by atoms with van der Waals surface area (Å²) in [7, 11) is 0. The molecule has 1 fully saturated rings. The molecule has 0 bridgehead atoms. The van der Waals surface area contributed by atoms with E-state index in [4.69, 9.17) is 4.74 Å². The van der Waals surface area contributed by atoms with Gasteiger partial charge in [-0.05, 0) is 51.3 Å². The third-order valence-electron chi connectivity index (χ3n) is 7.02. The highest BCUT2D eigenvalue weighted by atomic mass is 19.1. The molecule has 0 saturated heterocycles. The second-order valence-corrected chi connectivity index (χ2v) is 9.43. The van der Waals surface area contributed by atoms with Crippen LogP contribution in [0.1, 0.15) is 73.4 Å². The Bertz CT molecular complexity index is 1510. The van der Waals surface area contributed by atoms with Crippen LogP contribution >= 0.6 is 0 Å². The summed E-state index contributed by atoms with van der Waals surface area (Å²) in [5.41, 5.74) is 2.34. The molecule has 0 spiro atoms. The number of carbonyl (C=O) groups excluding carboxylic acids is 1. The third-order valence-corrected chi connectivity index (χ3v) is 7.02. The van der Waals surface area contributed by atoms with Crippen molar-refractivity contribution in [1.29, 1.82) is 0 Å². The second-order valence-electron chi connectivity index (χ2n) is 9.43. The molecule has 8 nitrogen and oxygen atoms in total. The van der Waals surface area contributed by atoms with Gasteiger partial charge in [0.25, 0.3) is 5.56 Å². The van der Waals surface area contributed by atoms with Crippen molar-refractivity contribution in [2.45, 2.75) is 58.5 Å². The number of carbonyl (C=O) groups is 1. The van der Waals surface area contributed by atoms with Gasteiger partial charge in [-0.15, -0.1) is 0 Å². The SMILES string of the molecule is CCOC(=O)c1cc(Nc2nc(C)c3cc(F)c(=O)n(C4CCCC4)c3n2)cn1C(C)c1ccccc1. The Balaban J connectivity index is 1.57. The van der Waals surface area contributed by atoms with Crippen LogP contribution < -0.4 is 10.9 Å². The average molecular weight is 504 g/mol. The molecular formula is C28H30FN5O3. The number of hydrogen-bond acceptors (Lipinski definition) is 6. The molecule has 192 valence electrons. The van der Waals surface area contributed by atoms with Gasteiger partial charge in [-0.25, -0.2) is 14.2 Å². The van der Waals surface area contributed by atoms with Crippen LogP contribution in [0, 0.1) is 12.7 Å². The molecule has 0 radical (unpaired) electrons. The van der Waals surface area contributed by atoms with Crippen molar-refractivity contribution in [2.24, 2.45) is 0 Å². The van der Waals surface area contributed by atoms with Crippen LogP contribution in [0.3, 0.4) is 0 Å². The van der Waals surface area contributed by atoms with E-state index in [0.717, 1.165) is 31.2 Å². The predicted molar refractivity (Wildman–Crippen MR) is 140 cm³/mol. The van der Waals surface area contributed by atoms with Gasteiger partial charge in [0.1, 0.15) is 11.3 Å². The van der Waals surface area contributed by atoms with Gasteiger partial charge in [-0.3, -0.25) is 9.36 Å². The van der Waals surface area contributed by atoms with E-state index >= 15 is 0 Å². The van der Waals surface area contributed by atoms with Crippen LogP contribution in [0.5, 0.6) is 0 Å². The van der Waals surface area contributed by atoms with Crippen molar-refractivity contribution >= 4 is 28.6 Å². The number of aryl methyl sites for hydroxylation is 1. The van der Waals surface area contributed by atoms with E-state index in [1.165, 1.54) is 10.6 Å². The van der Waals surface area contributed by atoms with Gasteiger partial charge in [-0.2, -0.15) is 4.98 Å². The smallest absolute Gasteiger partial charge is 0.355 e. The number of nitrogens with zero attached hydrogens (tertiary/aromatic N) is 4. The standard InChI is InChI=1S/C28H30FN5O3/c1-4-37-27(36)24-14-20(16-33(24)18(3)19-10-6-5-7-11-19)31-28-30-17(2)22-15-23(29)26(35)34(25(22)32-28)21-12-8-9-13-21/h5-7,10-11,14-16,18,21H,4,8-9,12-13H2,1-3H3,(H,30,31,32). The summed E-state index contributed by atoms with van der Waals surface area (Å²) in [6.07, 6.45) is 5.43. The maximum absolute atomic E-state index is 14.5. The zero-order chi connectivity index (χ0) is 26.1. The van der Waals surface area contributed by atoms with E-state index in [0.29, 0.717) is 28.1 Å². The lowest BCUT2D eigenvalue weighted by Crippen LogP contribution is -2.27. The summed E-state index contributed by atoms with van der Waals surface area (Å²) in [6, 6.07) is 12.6. The molecule has 37 heavy (non-hydrogen) atoms. The van der Waals surface area contributed by atoms with Crippen molar-refractivity contribution in [1.82, 2.24) is 19.1 Å². The first-order valence-electron chi connectivity index (χ1n) is 12.7. The molecule has 1 aliphatic rings. The lowest BCUT2D eigenvalue weighted by Gasteiger charge is -2.18. The Morgan fingerprint density at radius 2 is 1.92 bits per heavy atom. The molecule has 5 rings (SSSR count). The van der Waals surface area contributed by atoms with Crippen molar-refractivity contribution in [3.8, 4) is 0 Å².